The summed E-state index contributed by atoms with van der Waals surface area (Å²) in [5, 5.41) is 14.0. The predicted octanol–water partition coefficient (Wildman–Crippen LogP) is 4.09. The number of thioether (sulfide) groups is 1. The molecule has 148 valence electrons. The van der Waals surface area contributed by atoms with Crippen molar-refractivity contribution in [1.82, 2.24) is 19.7 Å². The van der Waals surface area contributed by atoms with E-state index >= 15 is 0 Å². The number of para-hydroxylation sites is 1. The first-order valence-corrected chi connectivity index (χ1v) is 10.7. The molecular formula is C19H23N5O2S2. The van der Waals surface area contributed by atoms with Gasteiger partial charge < -0.3 is 14.6 Å². The van der Waals surface area contributed by atoms with Crippen LogP contribution in [-0.2, 0) is 18.4 Å². The smallest absolute Gasteiger partial charge is 0.239 e. The second kappa shape index (κ2) is 9.20. The lowest BCUT2D eigenvalue weighted by molar-refractivity contribution is -0.115. The predicted molar refractivity (Wildman–Crippen MR) is 112 cm³/mol. The minimum absolute atomic E-state index is 0.119. The molecule has 0 spiro atoms. The van der Waals surface area contributed by atoms with Gasteiger partial charge in [0.25, 0.3) is 0 Å². The largest absolute Gasteiger partial charge is 0.485 e. The van der Waals surface area contributed by atoms with Gasteiger partial charge in [0.15, 0.2) is 16.1 Å². The van der Waals surface area contributed by atoms with Gasteiger partial charge in [-0.1, -0.05) is 43.8 Å². The van der Waals surface area contributed by atoms with Crippen LogP contribution in [0.4, 0.5) is 5.13 Å². The Kier molecular flexibility index (Phi) is 6.69. The lowest BCUT2D eigenvalue weighted by atomic mass is 10.0. The fraction of sp³-hybridized carbons (Fsp3) is 0.368. The average Bonchev–Trinajstić information content (AvgIpc) is 3.31. The van der Waals surface area contributed by atoms with Crippen LogP contribution in [0, 0.1) is 0 Å². The number of ether oxygens (including phenoxy) is 1. The van der Waals surface area contributed by atoms with Crippen LogP contribution in [0.1, 0.15) is 38.1 Å². The summed E-state index contributed by atoms with van der Waals surface area (Å²) >= 11 is 2.74. The van der Waals surface area contributed by atoms with Crippen molar-refractivity contribution >= 4 is 34.1 Å². The van der Waals surface area contributed by atoms with E-state index in [0.717, 1.165) is 11.3 Å². The van der Waals surface area contributed by atoms with E-state index in [4.69, 9.17) is 4.74 Å². The first-order valence-electron chi connectivity index (χ1n) is 8.92. The van der Waals surface area contributed by atoms with E-state index in [0.29, 0.717) is 28.6 Å². The number of carbonyl (C=O) groups excluding carboxylic acids is 1. The molecule has 0 fully saturated rings. The van der Waals surface area contributed by atoms with Gasteiger partial charge in [0, 0.05) is 18.6 Å². The molecule has 28 heavy (non-hydrogen) atoms. The van der Waals surface area contributed by atoms with Crippen LogP contribution in [0.5, 0.6) is 5.75 Å². The molecule has 1 atom stereocenters. The van der Waals surface area contributed by atoms with E-state index in [1.807, 2.05) is 42.1 Å². The minimum atomic E-state index is -0.331. The number of hydrogen-bond acceptors (Lipinski definition) is 7. The topological polar surface area (TPSA) is 81.9 Å². The molecule has 0 bridgehead atoms. The zero-order valence-electron chi connectivity index (χ0n) is 16.2. The monoisotopic (exact) mass is 417 g/mol. The van der Waals surface area contributed by atoms with Gasteiger partial charge in [-0.3, -0.25) is 4.79 Å². The van der Waals surface area contributed by atoms with Crippen LogP contribution in [-0.4, -0.2) is 30.9 Å². The SMILES string of the molecule is CC(C)c1ccccc1OCc1nnc(S[C@@H](C)C(=O)Nc2nccs2)n1C. The van der Waals surface area contributed by atoms with Gasteiger partial charge in [0.1, 0.15) is 12.4 Å². The molecule has 0 saturated heterocycles. The molecule has 1 amide bonds. The average molecular weight is 418 g/mol. The number of thiazole rings is 1. The quantitative estimate of drug-likeness (QED) is 0.556. The van der Waals surface area contributed by atoms with Gasteiger partial charge in [-0.2, -0.15) is 0 Å². The van der Waals surface area contributed by atoms with Crippen molar-refractivity contribution in [2.75, 3.05) is 5.32 Å². The maximum Gasteiger partial charge on any atom is 0.239 e. The lowest BCUT2D eigenvalue weighted by Crippen LogP contribution is -2.22. The Balaban J connectivity index is 1.61. The van der Waals surface area contributed by atoms with Crippen molar-refractivity contribution in [2.45, 2.75) is 43.7 Å². The third-order valence-corrected chi connectivity index (χ3v) is 5.96. The Morgan fingerprint density at radius 1 is 1.29 bits per heavy atom. The molecule has 0 aliphatic heterocycles. The molecule has 1 aromatic carbocycles. The maximum absolute atomic E-state index is 12.3. The first kappa shape index (κ1) is 20.3. The zero-order valence-corrected chi connectivity index (χ0v) is 17.9. The Hall–Kier alpha value is -2.39. The third-order valence-electron chi connectivity index (χ3n) is 4.14. The Bertz CT molecular complexity index is 924. The van der Waals surface area contributed by atoms with E-state index in [9.17, 15) is 4.79 Å². The highest BCUT2D eigenvalue weighted by molar-refractivity contribution is 8.00. The van der Waals surface area contributed by atoms with E-state index in [-0.39, 0.29) is 11.2 Å². The molecule has 3 rings (SSSR count). The Morgan fingerprint density at radius 3 is 2.79 bits per heavy atom. The molecule has 2 heterocycles. The zero-order chi connectivity index (χ0) is 20.1. The summed E-state index contributed by atoms with van der Waals surface area (Å²) in [6.07, 6.45) is 1.66. The normalized spacial score (nSPS) is 12.2. The number of nitrogens with zero attached hydrogens (tertiary/aromatic N) is 4. The fourth-order valence-electron chi connectivity index (χ4n) is 2.51. The van der Waals surface area contributed by atoms with Crippen LogP contribution in [0.15, 0.2) is 41.0 Å². The third kappa shape index (κ3) is 4.90. The summed E-state index contributed by atoms with van der Waals surface area (Å²) in [5.41, 5.74) is 1.16. The van der Waals surface area contributed by atoms with E-state index in [1.54, 1.807) is 6.20 Å². The summed E-state index contributed by atoms with van der Waals surface area (Å²) in [7, 11) is 1.88. The fourth-order valence-corrected chi connectivity index (χ4v) is 3.87. The summed E-state index contributed by atoms with van der Waals surface area (Å²) in [6.45, 7) is 6.42. The van der Waals surface area contributed by atoms with Gasteiger partial charge in [0.2, 0.25) is 5.91 Å². The number of amides is 1. The highest BCUT2D eigenvalue weighted by atomic mass is 32.2. The van der Waals surface area contributed by atoms with E-state index in [1.165, 1.54) is 23.1 Å². The molecule has 2 aromatic heterocycles. The highest BCUT2D eigenvalue weighted by Crippen LogP contribution is 2.27. The van der Waals surface area contributed by atoms with Crippen LogP contribution < -0.4 is 10.1 Å². The number of hydrogen-bond donors (Lipinski definition) is 1. The summed E-state index contributed by atoms with van der Waals surface area (Å²) < 4.78 is 7.84. The number of benzene rings is 1. The summed E-state index contributed by atoms with van der Waals surface area (Å²) in [5.74, 6) is 1.81. The molecule has 7 nitrogen and oxygen atoms in total. The van der Waals surface area contributed by atoms with Gasteiger partial charge in [0.05, 0.1) is 5.25 Å². The van der Waals surface area contributed by atoms with E-state index < -0.39 is 0 Å². The number of rotatable bonds is 8. The van der Waals surface area contributed by atoms with Crippen molar-refractivity contribution in [2.24, 2.45) is 7.05 Å². The molecule has 0 saturated carbocycles. The Labute approximate surface area is 172 Å². The minimum Gasteiger partial charge on any atom is -0.485 e. The highest BCUT2D eigenvalue weighted by Gasteiger charge is 2.20. The maximum atomic E-state index is 12.3. The van der Waals surface area contributed by atoms with Crippen molar-refractivity contribution < 1.29 is 9.53 Å². The molecule has 3 aromatic rings. The van der Waals surface area contributed by atoms with Crippen LogP contribution >= 0.6 is 23.1 Å². The summed E-state index contributed by atoms with van der Waals surface area (Å²) in [4.78, 5) is 16.4. The number of carbonyl (C=O) groups is 1. The molecule has 0 radical (unpaired) electrons. The molecule has 9 heteroatoms. The van der Waals surface area contributed by atoms with Gasteiger partial charge in [-0.05, 0) is 24.5 Å². The number of nitrogens with one attached hydrogen (secondary N) is 1. The molecular weight excluding hydrogens is 394 g/mol. The number of aromatic nitrogens is 4. The van der Waals surface area contributed by atoms with E-state index in [2.05, 4.69) is 40.4 Å². The van der Waals surface area contributed by atoms with Crippen molar-refractivity contribution in [3.63, 3.8) is 0 Å². The lowest BCUT2D eigenvalue weighted by Gasteiger charge is -2.13. The molecule has 0 unspecified atom stereocenters. The second-order valence-corrected chi connectivity index (χ2v) is 8.73. The first-order chi connectivity index (χ1) is 13.5. The molecule has 0 aliphatic carbocycles. The second-order valence-electron chi connectivity index (χ2n) is 6.53. The van der Waals surface area contributed by atoms with Gasteiger partial charge >= 0.3 is 0 Å². The van der Waals surface area contributed by atoms with Crippen molar-refractivity contribution in [3.05, 3.63) is 47.2 Å². The molecule has 1 N–H and O–H groups in total. The number of anilines is 1. The van der Waals surface area contributed by atoms with Crippen molar-refractivity contribution in [1.29, 1.82) is 0 Å². The van der Waals surface area contributed by atoms with Gasteiger partial charge in [-0.15, -0.1) is 21.5 Å². The Morgan fingerprint density at radius 2 is 2.07 bits per heavy atom. The van der Waals surface area contributed by atoms with Crippen LogP contribution in [0.25, 0.3) is 0 Å². The van der Waals surface area contributed by atoms with Crippen molar-refractivity contribution in [3.8, 4) is 5.75 Å². The van der Waals surface area contributed by atoms with Crippen LogP contribution in [0.3, 0.4) is 0 Å². The molecule has 0 aliphatic rings. The standard InChI is InChI=1S/C19H23N5O2S2/c1-12(2)14-7-5-6-8-15(14)26-11-16-22-23-19(24(16)4)28-13(3)17(25)21-18-20-9-10-27-18/h5-10,12-13H,11H2,1-4H3,(H,20,21,25)/t13-/m0/s1. The van der Waals surface area contributed by atoms with Crippen LogP contribution in [0.2, 0.25) is 0 Å². The summed E-state index contributed by atoms with van der Waals surface area (Å²) in [6, 6.07) is 8.01. The van der Waals surface area contributed by atoms with Gasteiger partial charge in [-0.25, -0.2) is 4.98 Å².